The Morgan fingerprint density at radius 3 is 1.26 bits per heavy atom. The van der Waals surface area contributed by atoms with E-state index in [-0.39, 0.29) is 10.8 Å². The van der Waals surface area contributed by atoms with Crippen LogP contribution in [0, 0.1) is 0 Å². The smallest absolute Gasteiger partial charge is 0.0468 e. The van der Waals surface area contributed by atoms with Gasteiger partial charge in [0.1, 0.15) is 0 Å². The van der Waals surface area contributed by atoms with Crippen LogP contribution in [0.4, 0.5) is 17.1 Å². The van der Waals surface area contributed by atoms with Crippen LogP contribution in [0.3, 0.4) is 0 Å². The van der Waals surface area contributed by atoms with Crippen LogP contribution in [0.2, 0.25) is 0 Å². The lowest BCUT2D eigenvalue weighted by molar-refractivity contribution is 0.590. The second-order valence-electron chi connectivity index (χ2n) is 15.2. The van der Waals surface area contributed by atoms with Crippen molar-refractivity contribution >= 4 is 38.6 Å². The first-order valence-corrected chi connectivity index (χ1v) is 16.8. The lowest BCUT2D eigenvalue weighted by Crippen LogP contribution is -2.14. The van der Waals surface area contributed by atoms with Crippen molar-refractivity contribution in [2.24, 2.45) is 0 Å². The van der Waals surface area contributed by atoms with Crippen molar-refractivity contribution in [1.82, 2.24) is 0 Å². The van der Waals surface area contributed by atoms with E-state index in [1.807, 2.05) is 0 Å². The van der Waals surface area contributed by atoms with Crippen molar-refractivity contribution in [1.29, 1.82) is 0 Å². The first kappa shape index (κ1) is 29.3. The van der Waals surface area contributed by atoms with Gasteiger partial charge >= 0.3 is 0 Å². The van der Waals surface area contributed by atoms with Gasteiger partial charge in [0.25, 0.3) is 0 Å². The molecule has 0 saturated heterocycles. The molecule has 0 saturated carbocycles. The van der Waals surface area contributed by atoms with E-state index in [0.29, 0.717) is 0 Å². The summed E-state index contributed by atoms with van der Waals surface area (Å²) in [5.41, 5.74) is 14.3. The highest BCUT2D eigenvalue weighted by atomic mass is 15.1. The Bertz CT molecular complexity index is 2220. The van der Waals surface area contributed by atoms with Gasteiger partial charge in [0.2, 0.25) is 0 Å². The van der Waals surface area contributed by atoms with Crippen molar-refractivity contribution in [3.63, 3.8) is 0 Å². The Kier molecular flexibility index (Phi) is 6.67. The Labute approximate surface area is 279 Å². The van der Waals surface area contributed by atoms with Crippen LogP contribution in [-0.4, -0.2) is 0 Å². The van der Waals surface area contributed by atoms with Gasteiger partial charge in [-0.3, -0.25) is 0 Å². The molecule has 0 spiro atoms. The first-order chi connectivity index (χ1) is 22.5. The molecular formula is C46H41N. The highest BCUT2D eigenvalue weighted by Gasteiger charge is 2.25. The molecule has 0 amide bonds. The molecule has 230 valence electrons. The third-order valence-electron chi connectivity index (χ3n) is 9.87. The largest absolute Gasteiger partial charge is 0.310 e. The van der Waals surface area contributed by atoms with Crippen LogP contribution < -0.4 is 4.90 Å². The van der Waals surface area contributed by atoms with Crippen LogP contribution in [0.15, 0.2) is 140 Å². The van der Waals surface area contributed by atoms with Gasteiger partial charge in [-0.05, 0) is 144 Å². The summed E-state index contributed by atoms with van der Waals surface area (Å²) < 4.78 is 0. The maximum absolute atomic E-state index is 2.40. The number of rotatable bonds is 4. The molecule has 7 aromatic carbocycles. The SMILES string of the molecule is CC(C)(C)c1ccc(N(c2ccc(C(C)(C)C)cc2)c2ccc3cc4c(cc3c2)-c2cc3cc(-c5ccccc5)ccc3cc2-4)cc1. The monoisotopic (exact) mass is 607 g/mol. The van der Waals surface area contributed by atoms with Gasteiger partial charge in [-0.1, -0.05) is 114 Å². The molecule has 0 atom stereocenters. The molecule has 0 radical (unpaired) electrons. The molecule has 0 fully saturated rings. The zero-order chi connectivity index (χ0) is 32.5. The minimum absolute atomic E-state index is 0.104. The van der Waals surface area contributed by atoms with Crippen LogP contribution in [-0.2, 0) is 10.8 Å². The molecule has 0 heterocycles. The number of hydrogen-bond acceptors (Lipinski definition) is 1. The zero-order valence-electron chi connectivity index (χ0n) is 28.2. The Morgan fingerprint density at radius 1 is 0.340 bits per heavy atom. The molecule has 1 nitrogen and oxygen atoms in total. The summed E-state index contributed by atoms with van der Waals surface area (Å²) in [6.45, 7) is 13.6. The summed E-state index contributed by atoms with van der Waals surface area (Å²) in [5, 5.41) is 5.10. The van der Waals surface area contributed by atoms with E-state index in [0.717, 1.165) is 17.1 Å². The summed E-state index contributed by atoms with van der Waals surface area (Å²) >= 11 is 0. The molecule has 1 aliphatic rings. The van der Waals surface area contributed by atoms with E-state index < -0.39 is 0 Å². The summed E-state index contributed by atoms with van der Waals surface area (Å²) in [4.78, 5) is 2.39. The predicted molar refractivity (Wildman–Crippen MR) is 203 cm³/mol. The number of fused-ring (bicyclic) bond motifs is 6. The van der Waals surface area contributed by atoms with E-state index in [1.54, 1.807) is 0 Å². The van der Waals surface area contributed by atoms with Gasteiger partial charge in [-0.15, -0.1) is 0 Å². The molecule has 8 rings (SSSR count). The standard InChI is InChI=1S/C46H41N/c1-45(2,3)36-15-20-38(21-16-36)47(39-22-17-37(18-23-39)46(4,5)6)40-19-14-33-27-42-41-26-32-13-12-31(30-10-8-7-9-11-30)24-34(32)28-43(41)44(42)29-35(33)25-40/h7-29H,1-6H3. The fraction of sp³-hybridized carbons (Fsp3) is 0.174. The fourth-order valence-electron chi connectivity index (χ4n) is 7.03. The summed E-state index contributed by atoms with van der Waals surface area (Å²) in [6.07, 6.45) is 0. The lowest BCUT2D eigenvalue weighted by Gasteiger charge is -2.29. The van der Waals surface area contributed by atoms with Gasteiger partial charge in [0.05, 0.1) is 0 Å². The van der Waals surface area contributed by atoms with Gasteiger partial charge in [-0.25, -0.2) is 0 Å². The molecule has 1 heteroatoms. The molecule has 47 heavy (non-hydrogen) atoms. The highest BCUT2D eigenvalue weighted by Crippen LogP contribution is 2.51. The summed E-state index contributed by atoms with van der Waals surface area (Å²) in [5.74, 6) is 0. The molecule has 0 bridgehead atoms. The van der Waals surface area contributed by atoms with E-state index in [1.165, 1.54) is 66.1 Å². The number of benzene rings is 7. The minimum Gasteiger partial charge on any atom is -0.310 e. The molecule has 1 aliphatic carbocycles. The van der Waals surface area contributed by atoms with Crippen LogP contribution in [0.1, 0.15) is 52.7 Å². The van der Waals surface area contributed by atoms with Gasteiger partial charge in [0, 0.05) is 17.1 Å². The molecule has 0 N–H and O–H groups in total. The molecule has 7 aromatic rings. The average Bonchev–Trinajstić information content (AvgIpc) is 3.07. The van der Waals surface area contributed by atoms with Crippen molar-refractivity contribution in [3.8, 4) is 33.4 Å². The van der Waals surface area contributed by atoms with Crippen LogP contribution >= 0.6 is 0 Å². The second-order valence-corrected chi connectivity index (χ2v) is 15.2. The summed E-state index contributed by atoms with van der Waals surface area (Å²) in [6, 6.07) is 52.1. The minimum atomic E-state index is 0.104. The van der Waals surface area contributed by atoms with Gasteiger partial charge in [0.15, 0.2) is 0 Å². The molecule has 0 aromatic heterocycles. The first-order valence-electron chi connectivity index (χ1n) is 16.8. The van der Waals surface area contributed by atoms with Crippen LogP contribution in [0.25, 0.3) is 54.9 Å². The normalized spacial score (nSPS) is 12.5. The number of nitrogens with zero attached hydrogens (tertiary/aromatic N) is 1. The third-order valence-corrected chi connectivity index (χ3v) is 9.87. The van der Waals surface area contributed by atoms with Crippen molar-refractivity contribution < 1.29 is 0 Å². The fourth-order valence-corrected chi connectivity index (χ4v) is 7.03. The maximum Gasteiger partial charge on any atom is 0.0468 e. The van der Waals surface area contributed by atoms with Crippen LogP contribution in [0.5, 0.6) is 0 Å². The number of hydrogen-bond donors (Lipinski definition) is 0. The van der Waals surface area contributed by atoms with E-state index in [4.69, 9.17) is 0 Å². The van der Waals surface area contributed by atoms with Crippen molar-refractivity contribution in [3.05, 3.63) is 151 Å². The van der Waals surface area contributed by atoms with Gasteiger partial charge in [-0.2, -0.15) is 0 Å². The van der Waals surface area contributed by atoms with E-state index in [2.05, 4.69) is 186 Å². The molecule has 0 aliphatic heterocycles. The lowest BCUT2D eigenvalue weighted by atomic mass is 9.77. The van der Waals surface area contributed by atoms with Crippen molar-refractivity contribution in [2.75, 3.05) is 4.90 Å². The quantitative estimate of drug-likeness (QED) is 0.192. The molecular weight excluding hydrogens is 567 g/mol. The second kappa shape index (κ2) is 10.7. The predicted octanol–water partition coefficient (Wildman–Crippen LogP) is 13.4. The van der Waals surface area contributed by atoms with Gasteiger partial charge < -0.3 is 4.90 Å². The Hall–Kier alpha value is -5.14. The van der Waals surface area contributed by atoms with E-state index in [9.17, 15) is 0 Å². The zero-order valence-corrected chi connectivity index (χ0v) is 28.2. The topological polar surface area (TPSA) is 3.24 Å². The van der Waals surface area contributed by atoms with Crippen molar-refractivity contribution in [2.45, 2.75) is 52.4 Å². The summed E-state index contributed by atoms with van der Waals surface area (Å²) in [7, 11) is 0. The number of anilines is 3. The Morgan fingerprint density at radius 2 is 0.766 bits per heavy atom. The maximum atomic E-state index is 2.40. The third kappa shape index (κ3) is 5.21. The van der Waals surface area contributed by atoms with E-state index >= 15 is 0 Å². The molecule has 0 unspecified atom stereocenters. The Balaban J connectivity index is 1.21. The average molecular weight is 608 g/mol. The highest BCUT2D eigenvalue weighted by molar-refractivity contribution is 6.12.